The van der Waals surface area contributed by atoms with E-state index in [1.54, 1.807) is 0 Å². The molecule has 1 aromatic carbocycles. The van der Waals surface area contributed by atoms with Gasteiger partial charge in [-0.2, -0.15) is 0 Å². The van der Waals surface area contributed by atoms with Crippen molar-refractivity contribution < 1.29 is 0 Å². The number of H-pyrrole nitrogens is 1. The minimum Gasteiger partial charge on any atom is -0.331 e. The molecular formula is C15H22N4S. The van der Waals surface area contributed by atoms with Crippen molar-refractivity contribution >= 4 is 23.3 Å². The maximum Gasteiger partial charge on any atom is 0.178 e. The molecule has 1 aromatic heterocycles. The number of imidazole rings is 1. The Morgan fingerprint density at radius 3 is 2.90 bits per heavy atom. The van der Waals surface area contributed by atoms with Crippen LogP contribution >= 0.6 is 12.2 Å². The number of fused-ring (bicyclic) bond motifs is 1. The first-order chi connectivity index (χ1) is 9.56. The third kappa shape index (κ3) is 2.41. The summed E-state index contributed by atoms with van der Waals surface area (Å²) in [5, 5.41) is 0. The fraction of sp³-hybridized carbons (Fsp3) is 0.533. The summed E-state index contributed by atoms with van der Waals surface area (Å²) in [6, 6.07) is 6.84. The van der Waals surface area contributed by atoms with Crippen molar-refractivity contribution in [3.05, 3.63) is 28.5 Å². The zero-order valence-corrected chi connectivity index (χ0v) is 13.2. The van der Waals surface area contributed by atoms with Crippen LogP contribution in [0.3, 0.4) is 0 Å². The Kier molecular flexibility index (Phi) is 3.67. The zero-order chi connectivity index (χ0) is 14.3. The minimum absolute atomic E-state index is 0.513. The van der Waals surface area contributed by atoms with Crippen molar-refractivity contribution in [1.29, 1.82) is 0 Å². The molecule has 1 fully saturated rings. The first-order valence-electron chi connectivity index (χ1n) is 7.13. The molecule has 5 heteroatoms. The number of rotatable bonds is 2. The predicted molar refractivity (Wildman–Crippen MR) is 85.8 cm³/mol. The van der Waals surface area contributed by atoms with E-state index in [0.29, 0.717) is 6.04 Å². The van der Waals surface area contributed by atoms with E-state index in [0.717, 1.165) is 36.5 Å². The molecule has 20 heavy (non-hydrogen) atoms. The molecule has 1 N–H and O–H groups in total. The van der Waals surface area contributed by atoms with Crippen molar-refractivity contribution in [3.8, 4) is 0 Å². The van der Waals surface area contributed by atoms with E-state index in [1.807, 2.05) is 0 Å². The Morgan fingerprint density at radius 2 is 2.10 bits per heavy atom. The molecule has 0 amide bonds. The quantitative estimate of drug-likeness (QED) is 0.860. The number of para-hydroxylation sites is 1. The summed E-state index contributed by atoms with van der Waals surface area (Å²) in [6.45, 7) is 6.46. The molecule has 1 atom stereocenters. The molecule has 0 radical (unpaired) electrons. The predicted octanol–water partition coefficient (Wildman–Crippen LogP) is 2.25. The molecule has 0 saturated carbocycles. The van der Waals surface area contributed by atoms with Gasteiger partial charge in [0.15, 0.2) is 4.77 Å². The summed E-state index contributed by atoms with van der Waals surface area (Å²) in [6.07, 6.45) is 0. The Hall–Kier alpha value is -1.17. The lowest BCUT2D eigenvalue weighted by Crippen LogP contribution is -2.51. The number of likely N-dealkylation sites (N-methyl/N-ethyl adjacent to an activating group) is 2. The van der Waals surface area contributed by atoms with Crippen molar-refractivity contribution in [3.63, 3.8) is 0 Å². The van der Waals surface area contributed by atoms with E-state index in [1.165, 1.54) is 11.1 Å². The highest BCUT2D eigenvalue weighted by Gasteiger charge is 2.23. The molecule has 108 valence electrons. The molecule has 2 aromatic rings. The second-order valence-corrected chi connectivity index (χ2v) is 6.30. The maximum absolute atomic E-state index is 5.52. The van der Waals surface area contributed by atoms with Crippen LogP contribution < -0.4 is 0 Å². The molecule has 2 heterocycles. The molecule has 1 aliphatic rings. The smallest absolute Gasteiger partial charge is 0.178 e. The van der Waals surface area contributed by atoms with Crippen LogP contribution in [0.4, 0.5) is 0 Å². The molecule has 4 nitrogen and oxygen atoms in total. The van der Waals surface area contributed by atoms with Gasteiger partial charge < -0.3 is 14.5 Å². The summed E-state index contributed by atoms with van der Waals surface area (Å²) in [5.41, 5.74) is 3.67. The number of aromatic amines is 1. The molecule has 3 rings (SSSR count). The van der Waals surface area contributed by atoms with Crippen LogP contribution in [0.2, 0.25) is 0 Å². The van der Waals surface area contributed by atoms with Gasteiger partial charge in [-0.1, -0.05) is 12.1 Å². The second kappa shape index (κ2) is 5.31. The van der Waals surface area contributed by atoms with Crippen molar-refractivity contribution in [1.82, 2.24) is 19.4 Å². The number of benzene rings is 1. The number of hydrogen-bond acceptors (Lipinski definition) is 3. The second-order valence-electron chi connectivity index (χ2n) is 5.91. The molecule has 0 spiro atoms. The Balaban J connectivity index is 1.98. The summed E-state index contributed by atoms with van der Waals surface area (Å²) < 4.78 is 3.09. The van der Waals surface area contributed by atoms with Crippen LogP contribution in [-0.4, -0.2) is 59.1 Å². The van der Waals surface area contributed by atoms with Crippen LogP contribution in [0.1, 0.15) is 5.56 Å². The molecule has 0 bridgehead atoms. The summed E-state index contributed by atoms with van der Waals surface area (Å²) >= 11 is 5.52. The Bertz CT molecular complexity index is 672. The van der Waals surface area contributed by atoms with E-state index in [-0.39, 0.29) is 0 Å². The molecule has 1 saturated heterocycles. The van der Waals surface area contributed by atoms with E-state index in [2.05, 4.69) is 58.6 Å². The van der Waals surface area contributed by atoms with Crippen molar-refractivity contribution in [2.24, 2.45) is 0 Å². The lowest BCUT2D eigenvalue weighted by molar-refractivity contribution is 0.103. The van der Waals surface area contributed by atoms with Gasteiger partial charge in [0.1, 0.15) is 0 Å². The lowest BCUT2D eigenvalue weighted by Gasteiger charge is -2.37. The van der Waals surface area contributed by atoms with Gasteiger partial charge in [0.2, 0.25) is 0 Å². The fourth-order valence-corrected chi connectivity index (χ4v) is 3.36. The highest BCUT2D eigenvalue weighted by molar-refractivity contribution is 7.71. The van der Waals surface area contributed by atoms with Gasteiger partial charge in [0.25, 0.3) is 0 Å². The van der Waals surface area contributed by atoms with E-state index in [4.69, 9.17) is 12.2 Å². The molecule has 1 unspecified atom stereocenters. The number of aromatic nitrogens is 2. The van der Waals surface area contributed by atoms with Crippen molar-refractivity contribution in [2.75, 3.05) is 33.7 Å². The average Bonchev–Trinajstić information content (AvgIpc) is 2.72. The van der Waals surface area contributed by atoms with Gasteiger partial charge in [-0.05, 0) is 44.9 Å². The first-order valence-corrected chi connectivity index (χ1v) is 7.54. The average molecular weight is 290 g/mol. The van der Waals surface area contributed by atoms with Gasteiger partial charge in [-0.3, -0.25) is 4.90 Å². The number of hydrogen-bond donors (Lipinski definition) is 1. The molecule has 1 aliphatic heterocycles. The standard InChI is InChI=1S/C15H22N4S/c1-11-5-4-6-13-14(11)19(15(20)16-13)10-12-9-17(2)7-8-18(12)3/h4-6,12H,7-10H2,1-3H3,(H,16,20). The fourth-order valence-electron chi connectivity index (χ4n) is 3.09. The topological polar surface area (TPSA) is 27.2 Å². The van der Waals surface area contributed by atoms with E-state index < -0.39 is 0 Å². The maximum atomic E-state index is 5.52. The SMILES string of the molecule is Cc1cccc2[nH]c(=S)n(CC3CN(C)CCN3C)c12. The Morgan fingerprint density at radius 1 is 1.30 bits per heavy atom. The number of piperazine rings is 1. The molecular weight excluding hydrogens is 268 g/mol. The summed E-state index contributed by atoms with van der Waals surface area (Å²) in [7, 11) is 4.41. The third-order valence-electron chi connectivity index (χ3n) is 4.37. The van der Waals surface area contributed by atoms with Crippen molar-refractivity contribution in [2.45, 2.75) is 19.5 Å². The molecule has 0 aliphatic carbocycles. The van der Waals surface area contributed by atoms with Gasteiger partial charge in [-0.25, -0.2) is 0 Å². The van der Waals surface area contributed by atoms with E-state index >= 15 is 0 Å². The van der Waals surface area contributed by atoms with E-state index in [9.17, 15) is 0 Å². The van der Waals surface area contributed by atoms with Gasteiger partial charge in [-0.15, -0.1) is 0 Å². The number of nitrogens with one attached hydrogen (secondary N) is 1. The number of aryl methyl sites for hydroxylation is 1. The summed E-state index contributed by atoms with van der Waals surface area (Å²) in [5.74, 6) is 0. The first kappa shape index (κ1) is 13.8. The Labute approximate surface area is 125 Å². The monoisotopic (exact) mass is 290 g/mol. The minimum atomic E-state index is 0.513. The van der Waals surface area contributed by atoms with Gasteiger partial charge in [0, 0.05) is 32.2 Å². The van der Waals surface area contributed by atoms with Crippen LogP contribution in [0.25, 0.3) is 11.0 Å². The number of nitrogens with zero attached hydrogens (tertiary/aromatic N) is 3. The zero-order valence-electron chi connectivity index (χ0n) is 12.4. The largest absolute Gasteiger partial charge is 0.331 e. The normalized spacial score (nSPS) is 21.6. The highest BCUT2D eigenvalue weighted by atomic mass is 32.1. The van der Waals surface area contributed by atoms with Crippen LogP contribution in [0.15, 0.2) is 18.2 Å². The summed E-state index contributed by atoms with van der Waals surface area (Å²) in [4.78, 5) is 8.17. The van der Waals surface area contributed by atoms with Gasteiger partial charge in [0.05, 0.1) is 11.0 Å². The highest BCUT2D eigenvalue weighted by Crippen LogP contribution is 2.20. The lowest BCUT2D eigenvalue weighted by atomic mass is 10.1. The van der Waals surface area contributed by atoms with Gasteiger partial charge >= 0.3 is 0 Å². The third-order valence-corrected chi connectivity index (χ3v) is 4.69. The van der Waals surface area contributed by atoms with Crippen LogP contribution in [-0.2, 0) is 6.54 Å². The van der Waals surface area contributed by atoms with Crippen LogP contribution in [0, 0.1) is 11.7 Å². The van der Waals surface area contributed by atoms with Crippen LogP contribution in [0.5, 0.6) is 0 Å².